The molecule has 0 aliphatic carbocycles. The van der Waals surface area contributed by atoms with Crippen molar-refractivity contribution < 1.29 is 9.53 Å². The van der Waals surface area contributed by atoms with E-state index < -0.39 is 5.72 Å². The van der Waals surface area contributed by atoms with Gasteiger partial charge in [0.2, 0.25) is 5.91 Å². The van der Waals surface area contributed by atoms with E-state index in [4.69, 9.17) is 4.74 Å². The maximum absolute atomic E-state index is 12.9. The van der Waals surface area contributed by atoms with E-state index in [1.54, 1.807) is 11.8 Å². The Morgan fingerprint density at radius 3 is 2.42 bits per heavy atom. The summed E-state index contributed by atoms with van der Waals surface area (Å²) in [5.74, 6) is 0.564. The molecule has 1 atom stereocenters. The molecule has 0 radical (unpaired) electrons. The van der Waals surface area contributed by atoms with Crippen molar-refractivity contribution in [1.82, 2.24) is 4.90 Å². The molecule has 1 aliphatic heterocycles. The normalized spacial score (nSPS) is 19.4. The summed E-state index contributed by atoms with van der Waals surface area (Å²) in [7, 11) is 0. The van der Waals surface area contributed by atoms with Crippen LogP contribution in [-0.2, 0) is 16.0 Å². The minimum absolute atomic E-state index is 0.0891. The lowest BCUT2D eigenvalue weighted by atomic mass is 10.0. The Balaban J connectivity index is 1.68. The molecule has 1 aliphatic rings. The number of amides is 1. The van der Waals surface area contributed by atoms with E-state index in [-0.39, 0.29) is 11.9 Å². The molecule has 1 saturated heterocycles. The largest absolute Gasteiger partial charge is 0.354 e. The Labute approximate surface area is 148 Å². The molecule has 1 heterocycles. The second-order valence-corrected chi connectivity index (χ2v) is 7.52. The minimum Gasteiger partial charge on any atom is -0.354 e. The Morgan fingerprint density at radius 1 is 1.12 bits per heavy atom. The van der Waals surface area contributed by atoms with Crippen LogP contribution in [0.4, 0.5) is 0 Å². The van der Waals surface area contributed by atoms with Gasteiger partial charge < -0.3 is 9.64 Å². The zero-order valence-electron chi connectivity index (χ0n) is 14.1. The van der Waals surface area contributed by atoms with Gasteiger partial charge in [0.25, 0.3) is 0 Å². The van der Waals surface area contributed by atoms with Crippen LogP contribution in [0.25, 0.3) is 0 Å². The van der Waals surface area contributed by atoms with Crippen molar-refractivity contribution in [2.75, 3.05) is 12.4 Å². The topological polar surface area (TPSA) is 29.5 Å². The van der Waals surface area contributed by atoms with Crippen LogP contribution >= 0.6 is 11.8 Å². The van der Waals surface area contributed by atoms with Crippen molar-refractivity contribution in [3.8, 4) is 0 Å². The van der Waals surface area contributed by atoms with Gasteiger partial charge in [0.1, 0.15) is 5.72 Å². The minimum atomic E-state index is -0.548. The van der Waals surface area contributed by atoms with Crippen LogP contribution in [0.5, 0.6) is 0 Å². The molecule has 2 aromatic carbocycles. The summed E-state index contributed by atoms with van der Waals surface area (Å²) in [4.78, 5) is 15.9. The zero-order valence-corrected chi connectivity index (χ0v) is 15.0. The lowest BCUT2D eigenvalue weighted by molar-refractivity contribution is -0.143. The van der Waals surface area contributed by atoms with Gasteiger partial charge in [0.05, 0.1) is 18.4 Å². The third-order valence-electron chi connectivity index (χ3n) is 4.26. The quantitative estimate of drug-likeness (QED) is 0.770. The summed E-state index contributed by atoms with van der Waals surface area (Å²) in [5, 5.41) is 0. The number of nitrogens with zero attached hydrogens (tertiary/aromatic N) is 1. The summed E-state index contributed by atoms with van der Waals surface area (Å²) in [6, 6.07) is 20.4. The van der Waals surface area contributed by atoms with Gasteiger partial charge in [-0.15, -0.1) is 11.8 Å². The molecule has 0 unspecified atom stereocenters. The van der Waals surface area contributed by atoms with Gasteiger partial charge in [-0.05, 0) is 38.0 Å². The highest BCUT2D eigenvalue weighted by Crippen LogP contribution is 2.30. The summed E-state index contributed by atoms with van der Waals surface area (Å²) in [5.41, 5.74) is 0.686. The third kappa shape index (κ3) is 4.00. The molecule has 0 saturated carbocycles. The second-order valence-electron chi connectivity index (χ2n) is 6.47. The standard InChI is InChI=1S/C20H23NO2S/c1-20(2)21(19(22)15-24-18-11-7-4-8-12-18)17(14-23-20)13-16-9-5-3-6-10-16/h3-12,17H,13-15H2,1-2H3/t17-/m0/s1. The van der Waals surface area contributed by atoms with Crippen molar-refractivity contribution in [1.29, 1.82) is 0 Å². The van der Waals surface area contributed by atoms with Gasteiger partial charge in [-0.3, -0.25) is 4.79 Å². The maximum atomic E-state index is 12.9. The molecule has 0 aromatic heterocycles. The fourth-order valence-corrected chi connectivity index (χ4v) is 3.93. The lowest BCUT2D eigenvalue weighted by Gasteiger charge is -2.33. The van der Waals surface area contributed by atoms with Gasteiger partial charge in [-0.2, -0.15) is 0 Å². The summed E-state index contributed by atoms with van der Waals surface area (Å²) < 4.78 is 5.91. The number of rotatable bonds is 5. The van der Waals surface area contributed by atoms with Gasteiger partial charge in [0, 0.05) is 4.90 Å². The fraction of sp³-hybridized carbons (Fsp3) is 0.350. The number of benzene rings is 2. The van der Waals surface area contributed by atoms with Crippen molar-refractivity contribution in [2.45, 2.75) is 36.9 Å². The van der Waals surface area contributed by atoms with Gasteiger partial charge >= 0.3 is 0 Å². The number of hydrogen-bond donors (Lipinski definition) is 0. The average Bonchev–Trinajstić information content (AvgIpc) is 2.89. The molecule has 2 aromatic rings. The highest BCUT2D eigenvalue weighted by Gasteiger charge is 2.43. The van der Waals surface area contributed by atoms with E-state index in [0.717, 1.165) is 11.3 Å². The first-order valence-electron chi connectivity index (χ1n) is 8.24. The molecule has 3 rings (SSSR count). The van der Waals surface area contributed by atoms with Gasteiger partial charge in [-0.25, -0.2) is 0 Å². The van der Waals surface area contributed by atoms with Crippen LogP contribution in [0.15, 0.2) is 65.6 Å². The SMILES string of the molecule is CC1(C)OC[C@H](Cc2ccccc2)N1C(=O)CSc1ccccc1. The Bertz CT molecular complexity index is 673. The molecule has 4 heteroatoms. The number of carbonyl (C=O) groups is 1. The number of thioether (sulfide) groups is 1. The second kappa shape index (κ2) is 7.41. The Hall–Kier alpha value is -1.78. The lowest BCUT2D eigenvalue weighted by Crippen LogP contribution is -2.49. The predicted molar refractivity (Wildman–Crippen MR) is 98.0 cm³/mol. The molecule has 126 valence electrons. The smallest absolute Gasteiger partial charge is 0.235 e. The van der Waals surface area contributed by atoms with E-state index in [1.165, 1.54) is 5.56 Å². The van der Waals surface area contributed by atoms with Crippen molar-refractivity contribution in [3.63, 3.8) is 0 Å². The van der Waals surface area contributed by atoms with Crippen LogP contribution in [-0.4, -0.2) is 34.9 Å². The molecule has 1 fully saturated rings. The monoisotopic (exact) mass is 341 g/mol. The van der Waals surface area contributed by atoms with Crippen LogP contribution in [0.1, 0.15) is 19.4 Å². The summed E-state index contributed by atoms with van der Waals surface area (Å²) in [6.45, 7) is 4.54. The Kier molecular flexibility index (Phi) is 5.27. The van der Waals surface area contributed by atoms with Crippen molar-refractivity contribution in [2.24, 2.45) is 0 Å². The average molecular weight is 341 g/mol. The summed E-state index contributed by atoms with van der Waals surface area (Å²) >= 11 is 1.58. The van der Waals surface area contributed by atoms with E-state index in [0.29, 0.717) is 12.4 Å². The highest BCUT2D eigenvalue weighted by atomic mass is 32.2. The molecule has 1 amide bonds. The molecule has 0 spiro atoms. The molecule has 0 N–H and O–H groups in total. The molecule has 24 heavy (non-hydrogen) atoms. The van der Waals surface area contributed by atoms with E-state index >= 15 is 0 Å². The number of ether oxygens (including phenoxy) is 1. The first-order valence-corrected chi connectivity index (χ1v) is 9.23. The van der Waals surface area contributed by atoms with Crippen LogP contribution in [0.3, 0.4) is 0 Å². The first kappa shape index (κ1) is 17.1. The van der Waals surface area contributed by atoms with Crippen LogP contribution in [0, 0.1) is 0 Å². The number of hydrogen-bond acceptors (Lipinski definition) is 3. The predicted octanol–water partition coefficient (Wildman–Crippen LogP) is 3.98. The van der Waals surface area contributed by atoms with Crippen LogP contribution < -0.4 is 0 Å². The van der Waals surface area contributed by atoms with E-state index in [9.17, 15) is 4.79 Å². The number of carbonyl (C=O) groups excluding carboxylic acids is 1. The van der Waals surface area contributed by atoms with Gasteiger partial charge in [-0.1, -0.05) is 48.5 Å². The van der Waals surface area contributed by atoms with Crippen molar-refractivity contribution >= 4 is 17.7 Å². The van der Waals surface area contributed by atoms with E-state index in [2.05, 4.69) is 12.1 Å². The van der Waals surface area contributed by atoms with Crippen LogP contribution in [0.2, 0.25) is 0 Å². The first-order chi connectivity index (χ1) is 11.6. The molecular formula is C20H23NO2S. The van der Waals surface area contributed by atoms with Crippen molar-refractivity contribution in [3.05, 3.63) is 66.2 Å². The Morgan fingerprint density at radius 2 is 1.75 bits per heavy atom. The molecule has 0 bridgehead atoms. The molecular weight excluding hydrogens is 318 g/mol. The highest BCUT2D eigenvalue weighted by molar-refractivity contribution is 8.00. The maximum Gasteiger partial charge on any atom is 0.235 e. The zero-order chi connectivity index (χ0) is 17.0. The summed E-state index contributed by atoms with van der Waals surface area (Å²) in [6.07, 6.45) is 0.825. The fourth-order valence-electron chi connectivity index (χ4n) is 3.16. The van der Waals surface area contributed by atoms with E-state index in [1.807, 2.05) is 67.3 Å². The van der Waals surface area contributed by atoms with Gasteiger partial charge in [0.15, 0.2) is 0 Å². The third-order valence-corrected chi connectivity index (χ3v) is 5.26. The molecule has 3 nitrogen and oxygen atoms in total.